The first kappa shape index (κ1) is 19.8. The summed E-state index contributed by atoms with van der Waals surface area (Å²) in [4.78, 5) is 2.14. The van der Waals surface area contributed by atoms with E-state index in [2.05, 4.69) is 58.8 Å². The van der Waals surface area contributed by atoms with E-state index < -0.39 is 0 Å². The smallest absolute Gasteiger partial charge is 0.170 e. The van der Waals surface area contributed by atoms with Crippen LogP contribution in [0.5, 0.6) is 5.75 Å². The Labute approximate surface area is 174 Å². The zero-order valence-corrected chi connectivity index (χ0v) is 17.3. The van der Waals surface area contributed by atoms with Gasteiger partial charge in [-0.05, 0) is 49.5 Å². The standard InChI is InChI=1S/C23H24FN5O/c1-28(2)14-16-7-9-17(10-8-16)18-11-12-22(29-15-26-27-23(18)29)25-13-19-20(24)5-4-6-21(19)30-3/h4-12,15,25H,13-14H2,1-3H3. The summed E-state index contributed by atoms with van der Waals surface area (Å²) in [6.07, 6.45) is 1.65. The predicted octanol–water partition coefficient (Wildman–Crippen LogP) is 4.22. The van der Waals surface area contributed by atoms with Gasteiger partial charge in [-0.25, -0.2) is 4.39 Å². The lowest BCUT2D eigenvalue weighted by Crippen LogP contribution is -2.10. The molecule has 0 bridgehead atoms. The average molecular weight is 405 g/mol. The van der Waals surface area contributed by atoms with E-state index in [0.717, 1.165) is 29.1 Å². The van der Waals surface area contributed by atoms with Crippen LogP contribution in [0.1, 0.15) is 11.1 Å². The number of fused-ring (bicyclic) bond motifs is 1. The van der Waals surface area contributed by atoms with Crippen LogP contribution < -0.4 is 10.1 Å². The fraction of sp³-hybridized carbons (Fsp3) is 0.217. The first-order valence-corrected chi connectivity index (χ1v) is 9.69. The molecule has 0 aliphatic heterocycles. The maximum absolute atomic E-state index is 14.2. The maximum Gasteiger partial charge on any atom is 0.170 e. The van der Waals surface area contributed by atoms with Gasteiger partial charge in [0, 0.05) is 24.2 Å². The van der Waals surface area contributed by atoms with Crippen molar-refractivity contribution in [3.63, 3.8) is 0 Å². The quantitative estimate of drug-likeness (QED) is 0.499. The number of anilines is 1. The number of halogens is 1. The molecule has 0 saturated carbocycles. The molecule has 6 nitrogen and oxygen atoms in total. The van der Waals surface area contributed by atoms with Gasteiger partial charge in [0.05, 0.1) is 7.11 Å². The first-order valence-electron chi connectivity index (χ1n) is 9.69. The summed E-state index contributed by atoms with van der Waals surface area (Å²) < 4.78 is 21.4. The molecule has 0 aliphatic carbocycles. The van der Waals surface area contributed by atoms with Crippen molar-refractivity contribution in [1.82, 2.24) is 19.5 Å². The Balaban J connectivity index is 1.62. The Morgan fingerprint density at radius 1 is 1.07 bits per heavy atom. The third-order valence-corrected chi connectivity index (χ3v) is 4.96. The number of ether oxygens (including phenoxy) is 1. The monoisotopic (exact) mass is 405 g/mol. The highest BCUT2D eigenvalue weighted by Gasteiger charge is 2.13. The molecule has 2 aromatic heterocycles. The summed E-state index contributed by atoms with van der Waals surface area (Å²) in [5.41, 5.74) is 4.51. The zero-order valence-electron chi connectivity index (χ0n) is 17.3. The molecule has 4 rings (SSSR count). The minimum atomic E-state index is -0.309. The summed E-state index contributed by atoms with van der Waals surface area (Å²) in [6, 6.07) is 17.2. The van der Waals surface area contributed by atoms with Gasteiger partial charge in [-0.1, -0.05) is 30.3 Å². The van der Waals surface area contributed by atoms with E-state index >= 15 is 0 Å². The van der Waals surface area contributed by atoms with Gasteiger partial charge in [0.15, 0.2) is 5.65 Å². The van der Waals surface area contributed by atoms with Crippen molar-refractivity contribution in [3.05, 3.63) is 77.9 Å². The van der Waals surface area contributed by atoms with Crippen LogP contribution in [0.3, 0.4) is 0 Å². The Morgan fingerprint density at radius 2 is 1.87 bits per heavy atom. The van der Waals surface area contributed by atoms with Crippen molar-refractivity contribution in [3.8, 4) is 16.9 Å². The number of aromatic nitrogens is 3. The number of pyridine rings is 1. The lowest BCUT2D eigenvalue weighted by molar-refractivity contribution is 0.402. The summed E-state index contributed by atoms with van der Waals surface area (Å²) in [5, 5.41) is 11.7. The highest BCUT2D eigenvalue weighted by molar-refractivity contribution is 5.79. The lowest BCUT2D eigenvalue weighted by Gasteiger charge is -2.14. The molecule has 154 valence electrons. The van der Waals surface area contributed by atoms with Crippen LogP contribution in [0.2, 0.25) is 0 Å². The van der Waals surface area contributed by atoms with Gasteiger partial charge in [0.2, 0.25) is 0 Å². The molecular weight excluding hydrogens is 381 g/mol. The molecule has 2 heterocycles. The maximum atomic E-state index is 14.2. The predicted molar refractivity (Wildman–Crippen MR) is 116 cm³/mol. The van der Waals surface area contributed by atoms with Crippen molar-refractivity contribution < 1.29 is 9.13 Å². The van der Waals surface area contributed by atoms with Gasteiger partial charge < -0.3 is 15.0 Å². The zero-order chi connectivity index (χ0) is 21.1. The van der Waals surface area contributed by atoms with Gasteiger partial charge in [-0.15, -0.1) is 10.2 Å². The number of hydrogen-bond donors (Lipinski definition) is 1. The van der Waals surface area contributed by atoms with E-state index in [1.54, 1.807) is 18.5 Å². The SMILES string of the molecule is COc1cccc(F)c1CNc1ccc(-c2ccc(CN(C)C)cc2)c2nncn12. The minimum absolute atomic E-state index is 0.279. The number of rotatable bonds is 7. The number of benzene rings is 2. The van der Waals surface area contributed by atoms with Gasteiger partial charge >= 0.3 is 0 Å². The van der Waals surface area contributed by atoms with E-state index in [-0.39, 0.29) is 12.4 Å². The molecule has 0 spiro atoms. The van der Waals surface area contributed by atoms with E-state index in [4.69, 9.17) is 4.74 Å². The molecule has 0 amide bonds. The first-order chi connectivity index (χ1) is 14.6. The number of nitrogens with one attached hydrogen (secondary N) is 1. The highest BCUT2D eigenvalue weighted by Crippen LogP contribution is 2.28. The van der Waals surface area contributed by atoms with Crippen LogP contribution in [-0.2, 0) is 13.1 Å². The Kier molecular flexibility index (Phi) is 5.63. The van der Waals surface area contributed by atoms with Crippen molar-refractivity contribution in [2.24, 2.45) is 0 Å². The second-order valence-corrected chi connectivity index (χ2v) is 7.37. The summed E-state index contributed by atoms with van der Waals surface area (Å²) in [7, 11) is 5.64. The molecule has 0 unspecified atom stereocenters. The molecule has 0 saturated heterocycles. The fourth-order valence-corrected chi connectivity index (χ4v) is 3.52. The Morgan fingerprint density at radius 3 is 2.60 bits per heavy atom. The molecule has 0 aliphatic rings. The summed E-state index contributed by atoms with van der Waals surface area (Å²) >= 11 is 0. The molecular formula is C23H24FN5O. The van der Waals surface area contributed by atoms with E-state index in [9.17, 15) is 4.39 Å². The van der Waals surface area contributed by atoms with Crippen LogP contribution in [0.15, 0.2) is 60.9 Å². The highest BCUT2D eigenvalue weighted by atomic mass is 19.1. The Hall–Kier alpha value is -3.45. The molecule has 0 radical (unpaired) electrons. The van der Waals surface area contributed by atoms with Crippen molar-refractivity contribution in [2.75, 3.05) is 26.5 Å². The third kappa shape index (κ3) is 3.97. The largest absolute Gasteiger partial charge is 0.496 e. The molecule has 2 aromatic carbocycles. The van der Waals surface area contributed by atoms with Crippen LogP contribution in [0.4, 0.5) is 10.2 Å². The second-order valence-electron chi connectivity index (χ2n) is 7.37. The van der Waals surface area contributed by atoms with E-state index in [1.807, 2.05) is 16.5 Å². The van der Waals surface area contributed by atoms with E-state index in [1.165, 1.54) is 18.7 Å². The normalized spacial score (nSPS) is 11.2. The molecule has 0 fully saturated rings. The summed E-state index contributed by atoms with van der Waals surface area (Å²) in [5.74, 6) is 0.974. The minimum Gasteiger partial charge on any atom is -0.496 e. The van der Waals surface area contributed by atoms with Crippen LogP contribution in [-0.4, -0.2) is 40.7 Å². The van der Waals surface area contributed by atoms with Gasteiger partial charge in [0.1, 0.15) is 23.7 Å². The second kappa shape index (κ2) is 8.51. The lowest BCUT2D eigenvalue weighted by atomic mass is 10.0. The number of nitrogens with zero attached hydrogens (tertiary/aromatic N) is 4. The molecule has 0 atom stereocenters. The van der Waals surface area contributed by atoms with Crippen molar-refractivity contribution >= 4 is 11.5 Å². The average Bonchev–Trinajstić information content (AvgIpc) is 3.23. The van der Waals surface area contributed by atoms with Crippen LogP contribution in [0.25, 0.3) is 16.8 Å². The molecule has 4 aromatic rings. The Bertz CT molecular complexity index is 1150. The fourth-order valence-electron chi connectivity index (χ4n) is 3.52. The number of hydrogen-bond acceptors (Lipinski definition) is 5. The topological polar surface area (TPSA) is 54.7 Å². The summed E-state index contributed by atoms with van der Waals surface area (Å²) in [6.45, 7) is 1.17. The third-order valence-electron chi connectivity index (χ3n) is 4.96. The van der Waals surface area contributed by atoms with Crippen molar-refractivity contribution in [2.45, 2.75) is 13.1 Å². The van der Waals surface area contributed by atoms with Gasteiger partial charge in [0.25, 0.3) is 0 Å². The molecule has 1 N–H and O–H groups in total. The molecule has 7 heteroatoms. The molecule has 30 heavy (non-hydrogen) atoms. The van der Waals surface area contributed by atoms with Gasteiger partial charge in [-0.3, -0.25) is 4.40 Å². The van der Waals surface area contributed by atoms with Crippen molar-refractivity contribution in [1.29, 1.82) is 0 Å². The van der Waals surface area contributed by atoms with Crippen LogP contribution >= 0.6 is 0 Å². The number of methoxy groups -OCH3 is 1. The van der Waals surface area contributed by atoms with Gasteiger partial charge in [-0.2, -0.15) is 0 Å². The van der Waals surface area contributed by atoms with E-state index in [0.29, 0.717) is 11.3 Å². The van der Waals surface area contributed by atoms with Crippen LogP contribution in [0, 0.1) is 5.82 Å².